The lowest BCUT2D eigenvalue weighted by atomic mass is 9.87. The Kier molecular flexibility index (Phi) is 5.80. The van der Waals surface area contributed by atoms with Gasteiger partial charge in [0.05, 0.1) is 0 Å². The molecule has 0 unspecified atom stereocenters. The van der Waals surface area contributed by atoms with Gasteiger partial charge in [-0.1, -0.05) is 63.2 Å². The van der Waals surface area contributed by atoms with Gasteiger partial charge in [-0.15, -0.1) is 0 Å². The van der Waals surface area contributed by atoms with Crippen LogP contribution in [0.2, 0.25) is 0 Å². The molecule has 32 heavy (non-hydrogen) atoms. The summed E-state index contributed by atoms with van der Waals surface area (Å²) in [5, 5.41) is 9.71. The predicted molar refractivity (Wildman–Crippen MR) is 132 cm³/mol. The maximum Gasteiger partial charge on any atom is 0.253 e. The van der Waals surface area contributed by atoms with Gasteiger partial charge in [-0.2, -0.15) is 9.36 Å². The molecular weight excluding hydrogens is 422 g/mol. The minimum atomic E-state index is -0.546. The molecule has 0 spiro atoms. The van der Waals surface area contributed by atoms with E-state index in [9.17, 15) is 9.59 Å². The molecule has 0 amide bonds. The SMILES string of the molecule is C[C@@H](Nc1c(Nc2nc(Nc3ccc(-c4ccccc4)cc3)ns2)c(=O)c1=O)C(C)(C)C. The quantitative estimate of drug-likeness (QED) is 0.338. The van der Waals surface area contributed by atoms with Crippen LogP contribution in [0.3, 0.4) is 0 Å². The molecule has 1 aromatic heterocycles. The molecule has 1 atom stereocenters. The zero-order valence-electron chi connectivity index (χ0n) is 18.4. The molecule has 0 radical (unpaired) electrons. The van der Waals surface area contributed by atoms with Crippen LogP contribution in [0.1, 0.15) is 27.7 Å². The van der Waals surface area contributed by atoms with Crippen molar-refractivity contribution in [3.8, 4) is 11.1 Å². The number of anilines is 5. The van der Waals surface area contributed by atoms with Crippen molar-refractivity contribution in [2.24, 2.45) is 5.41 Å². The Morgan fingerprint density at radius 2 is 1.47 bits per heavy atom. The Morgan fingerprint density at radius 3 is 2.12 bits per heavy atom. The molecular formula is C24H25N5O2S. The highest BCUT2D eigenvalue weighted by atomic mass is 32.1. The topological polar surface area (TPSA) is 96.0 Å². The van der Waals surface area contributed by atoms with E-state index < -0.39 is 10.9 Å². The lowest BCUT2D eigenvalue weighted by Gasteiger charge is -2.29. The first kappa shape index (κ1) is 21.7. The van der Waals surface area contributed by atoms with Gasteiger partial charge in [0, 0.05) is 23.3 Å². The van der Waals surface area contributed by atoms with Gasteiger partial charge in [0.25, 0.3) is 10.9 Å². The summed E-state index contributed by atoms with van der Waals surface area (Å²) in [6.07, 6.45) is 0. The van der Waals surface area contributed by atoms with Crippen molar-refractivity contribution in [2.45, 2.75) is 33.7 Å². The van der Waals surface area contributed by atoms with Gasteiger partial charge < -0.3 is 16.0 Å². The van der Waals surface area contributed by atoms with Crippen molar-refractivity contribution in [3.05, 3.63) is 75.0 Å². The second kappa shape index (κ2) is 8.55. The summed E-state index contributed by atoms with van der Waals surface area (Å²) >= 11 is 1.12. The van der Waals surface area contributed by atoms with E-state index in [0.717, 1.165) is 28.3 Å². The van der Waals surface area contributed by atoms with E-state index in [0.29, 0.717) is 16.8 Å². The zero-order chi connectivity index (χ0) is 22.9. The number of rotatable bonds is 7. The molecule has 4 rings (SSSR count). The van der Waals surface area contributed by atoms with Gasteiger partial charge in [0.15, 0.2) is 0 Å². The molecule has 0 aliphatic heterocycles. The molecule has 0 saturated heterocycles. The normalized spacial score (nSPS) is 12.5. The van der Waals surface area contributed by atoms with Crippen LogP contribution in [0.25, 0.3) is 11.1 Å². The summed E-state index contributed by atoms with van der Waals surface area (Å²) < 4.78 is 4.29. The van der Waals surface area contributed by atoms with Gasteiger partial charge in [-0.3, -0.25) is 9.59 Å². The minimum Gasteiger partial charge on any atom is -0.377 e. The van der Waals surface area contributed by atoms with E-state index >= 15 is 0 Å². The number of nitrogens with one attached hydrogen (secondary N) is 3. The molecule has 3 N–H and O–H groups in total. The largest absolute Gasteiger partial charge is 0.377 e. The van der Waals surface area contributed by atoms with E-state index in [2.05, 4.69) is 58.2 Å². The fourth-order valence-electron chi connectivity index (χ4n) is 3.02. The van der Waals surface area contributed by atoms with Crippen LogP contribution in [0, 0.1) is 5.41 Å². The Balaban J connectivity index is 1.44. The highest BCUT2D eigenvalue weighted by Crippen LogP contribution is 2.28. The molecule has 7 nitrogen and oxygen atoms in total. The van der Waals surface area contributed by atoms with Gasteiger partial charge >= 0.3 is 0 Å². The first-order valence-corrected chi connectivity index (χ1v) is 11.1. The van der Waals surface area contributed by atoms with Gasteiger partial charge in [-0.05, 0) is 35.6 Å². The first-order valence-electron chi connectivity index (χ1n) is 10.4. The summed E-state index contributed by atoms with van der Waals surface area (Å²) in [6, 6.07) is 18.1. The second-order valence-electron chi connectivity index (χ2n) is 8.76. The molecule has 0 aliphatic carbocycles. The third-order valence-corrected chi connectivity index (χ3v) is 6.11. The van der Waals surface area contributed by atoms with E-state index in [-0.39, 0.29) is 17.1 Å². The van der Waals surface area contributed by atoms with Crippen molar-refractivity contribution in [3.63, 3.8) is 0 Å². The standard InChI is InChI=1S/C24H25N5O2S/c1-14(24(2,3)4)25-18-19(21(31)20(18)30)27-23-28-22(29-32-23)26-17-12-10-16(11-13-17)15-8-6-5-7-9-15/h5-14,25H,1-4H3,(H2,26,27,28,29)/t14-/m1/s1. The average Bonchev–Trinajstić information content (AvgIpc) is 3.23. The number of nitrogens with zero attached hydrogens (tertiary/aromatic N) is 2. The van der Waals surface area contributed by atoms with Crippen molar-refractivity contribution >= 4 is 39.7 Å². The van der Waals surface area contributed by atoms with Crippen molar-refractivity contribution in [1.29, 1.82) is 0 Å². The van der Waals surface area contributed by atoms with E-state index in [1.807, 2.05) is 49.4 Å². The molecule has 0 saturated carbocycles. The number of benzene rings is 2. The fraction of sp³-hybridized carbons (Fsp3) is 0.250. The number of aromatic nitrogens is 2. The van der Waals surface area contributed by atoms with Crippen LogP contribution in [0.5, 0.6) is 0 Å². The van der Waals surface area contributed by atoms with Crippen LogP contribution in [-0.2, 0) is 0 Å². The first-order chi connectivity index (χ1) is 15.2. The van der Waals surface area contributed by atoms with E-state index in [1.54, 1.807) is 0 Å². The van der Waals surface area contributed by atoms with Crippen molar-refractivity contribution in [2.75, 3.05) is 16.0 Å². The van der Waals surface area contributed by atoms with Gasteiger partial charge in [-0.25, -0.2) is 0 Å². The monoisotopic (exact) mass is 447 g/mol. The lowest BCUT2D eigenvalue weighted by molar-refractivity contribution is 0.359. The minimum absolute atomic E-state index is 0.0110. The maximum absolute atomic E-state index is 12.1. The van der Waals surface area contributed by atoms with Crippen LogP contribution in [-0.4, -0.2) is 15.4 Å². The summed E-state index contributed by atoms with van der Waals surface area (Å²) in [7, 11) is 0. The Labute approximate surface area is 190 Å². The highest BCUT2D eigenvalue weighted by Gasteiger charge is 2.27. The average molecular weight is 448 g/mol. The van der Waals surface area contributed by atoms with E-state index in [4.69, 9.17) is 0 Å². The van der Waals surface area contributed by atoms with Gasteiger partial charge in [0.2, 0.25) is 11.1 Å². The van der Waals surface area contributed by atoms with Crippen LogP contribution >= 0.6 is 11.5 Å². The fourth-order valence-corrected chi connectivity index (χ4v) is 3.55. The molecule has 8 heteroatoms. The lowest BCUT2D eigenvalue weighted by Crippen LogP contribution is -2.41. The van der Waals surface area contributed by atoms with Crippen LogP contribution in [0.15, 0.2) is 64.2 Å². The summed E-state index contributed by atoms with van der Waals surface area (Å²) in [5.74, 6) is 0.418. The number of hydrogen-bond donors (Lipinski definition) is 3. The summed E-state index contributed by atoms with van der Waals surface area (Å²) in [4.78, 5) is 28.5. The zero-order valence-corrected chi connectivity index (χ0v) is 19.2. The van der Waals surface area contributed by atoms with Crippen LogP contribution in [0.4, 0.5) is 28.1 Å². The highest BCUT2D eigenvalue weighted by molar-refractivity contribution is 7.10. The third kappa shape index (κ3) is 4.55. The number of hydrogen-bond acceptors (Lipinski definition) is 8. The Hall–Kier alpha value is -3.52. The predicted octanol–water partition coefficient (Wildman–Crippen LogP) is 5.13. The summed E-state index contributed by atoms with van der Waals surface area (Å²) in [6.45, 7) is 8.19. The van der Waals surface area contributed by atoms with Crippen molar-refractivity contribution in [1.82, 2.24) is 9.36 Å². The Morgan fingerprint density at radius 1 is 0.844 bits per heavy atom. The second-order valence-corrected chi connectivity index (χ2v) is 9.51. The van der Waals surface area contributed by atoms with E-state index in [1.165, 1.54) is 0 Å². The Bertz CT molecular complexity index is 1280. The molecule has 4 aromatic rings. The molecule has 0 fully saturated rings. The molecule has 3 aromatic carbocycles. The smallest absolute Gasteiger partial charge is 0.253 e. The maximum atomic E-state index is 12.1. The van der Waals surface area contributed by atoms with Crippen LogP contribution < -0.4 is 26.8 Å². The molecule has 0 aliphatic rings. The molecule has 0 bridgehead atoms. The molecule has 1 heterocycles. The molecule has 164 valence electrons. The third-order valence-electron chi connectivity index (χ3n) is 5.48. The van der Waals surface area contributed by atoms with Gasteiger partial charge in [0.1, 0.15) is 11.4 Å². The van der Waals surface area contributed by atoms with Crippen molar-refractivity contribution < 1.29 is 0 Å². The summed E-state index contributed by atoms with van der Waals surface area (Å²) in [5.41, 5.74) is 2.54.